The number of hydrogen-bond acceptors (Lipinski definition) is 2. The lowest BCUT2D eigenvalue weighted by atomic mass is 10.1. The van der Waals surface area contributed by atoms with Crippen LogP contribution in [0.3, 0.4) is 0 Å². The van der Waals surface area contributed by atoms with Crippen LogP contribution in [-0.2, 0) is 11.2 Å². The van der Waals surface area contributed by atoms with Crippen LogP contribution in [0.15, 0.2) is 30.5 Å². The Balaban J connectivity index is 1.56. The molecule has 4 heteroatoms. The van der Waals surface area contributed by atoms with E-state index in [2.05, 4.69) is 27.8 Å². The van der Waals surface area contributed by atoms with Crippen LogP contribution < -0.4 is 10.6 Å². The van der Waals surface area contributed by atoms with Gasteiger partial charge in [-0.1, -0.05) is 18.2 Å². The number of carbonyl (C=O) groups excluding carboxylic acids is 1. The Kier molecular flexibility index (Phi) is 3.51. The number of rotatable bonds is 4. The van der Waals surface area contributed by atoms with E-state index in [1.807, 2.05) is 18.3 Å². The smallest absolute Gasteiger partial charge is 0.237 e. The lowest BCUT2D eigenvalue weighted by Gasteiger charge is -2.10. The van der Waals surface area contributed by atoms with Crippen molar-refractivity contribution in [3.63, 3.8) is 0 Å². The van der Waals surface area contributed by atoms with Crippen LogP contribution >= 0.6 is 0 Å². The van der Waals surface area contributed by atoms with Gasteiger partial charge in [0.2, 0.25) is 5.91 Å². The number of carbonyl (C=O) groups is 1. The third-order valence-corrected chi connectivity index (χ3v) is 3.75. The van der Waals surface area contributed by atoms with Crippen LogP contribution in [0.4, 0.5) is 0 Å². The maximum atomic E-state index is 11.9. The van der Waals surface area contributed by atoms with Gasteiger partial charge >= 0.3 is 0 Å². The van der Waals surface area contributed by atoms with Gasteiger partial charge in [-0.15, -0.1) is 0 Å². The fourth-order valence-corrected chi connectivity index (χ4v) is 2.69. The highest BCUT2D eigenvalue weighted by molar-refractivity contribution is 5.84. The van der Waals surface area contributed by atoms with E-state index in [1.54, 1.807) is 0 Å². The largest absolute Gasteiger partial charge is 0.361 e. The Morgan fingerprint density at radius 3 is 3.11 bits per heavy atom. The van der Waals surface area contributed by atoms with E-state index >= 15 is 0 Å². The number of hydrogen-bond donors (Lipinski definition) is 3. The van der Waals surface area contributed by atoms with Crippen LogP contribution in [0.25, 0.3) is 10.9 Å². The number of fused-ring (bicyclic) bond motifs is 1. The highest BCUT2D eigenvalue weighted by Crippen LogP contribution is 2.17. The van der Waals surface area contributed by atoms with Crippen LogP contribution in [0, 0.1) is 0 Å². The quantitative estimate of drug-likeness (QED) is 0.779. The normalized spacial score (nSPS) is 18.8. The molecule has 1 aromatic heterocycles. The molecule has 4 nitrogen and oxygen atoms in total. The van der Waals surface area contributed by atoms with E-state index in [9.17, 15) is 4.79 Å². The van der Waals surface area contributed by atoms with E-state index in [-0.39, 0.29) is 11.9 Å². The van der Waals surface area contributed by atoms with E-state index in [4.69, 9.17) is 0 Å². The van der Waals surface area contributed by atoms with Gasteiger partial charge in [-0.3, -0.25) is 4.79 Å². The van der Waals surface area contributed by atoms with Crippen molar-refractivity contribution >= 4 is 16.8 Å². The summed E-state index contributed by atoms with van der Waals surface area (Å²) in [5.74, 6) is 0.136. The van der Waals surface area contributed by atoms with Crippen LogP contribution in [0.2, 0.25) is 0 Å². The Bertz CT molecular complexity index is 570. The monoisotopic (exact) mass is 257 g/mol. The molecule has 1 fully saturated rings. The Labute approximate surface area is 112 Å². The minimum absolute atomic E-state index is 0.0166. The van der Waals surface area contributed by atoms with Crippen molar-refractivity contribution in [1.82, 2.24) is 15.6 Å². The van der Waals surface area contributed by atoms with Crippen LogP contribution in [0.1, 0.15) is 18.4 Å². The minimum atomic E-state index is 0.0166. The molecule has 0 radical (unpaired) electrons. The van der Waals surface area contributed by atoms with Gasteiger partial charge in [0.25, 0.3) is 0 Å². The molecule has 1 amide bonds. The van der Waals surface area contributed by atoms with E-state index in [0.717, 1.165) is 31.3 Å². The molecule has 0 saturated carbocycles. The fraction of sp³-hybridized carbons (Fsp3) is 0.400. The summed E-state index contributed by atoms with van der Waals surface area (Å²) in [5, 5.41) is 7.47. The standard InChI is InChI=1S/C15H19N3O/c19-15(14-6-3-8-16-14)17-9-7-11-10-18-13-5-2-1-4-12(11)13/h1-2,4-5,10,14,16,18H,3,6-9H2,(H,17,19). The number of nitrogens with one attached hydrogen (secondary N) is 3. The molecule has 2 aromatic rings. The summed E-state index contributed by atoms with van der Waals surface area (Å²) in [6, 6.07) is 8.26. The SMILES string of the molecule is O=C(NCCc1c[nH]c2ccccc12)C1CCCN1. The molecule has 0 spiro atoms. The highest BCUT2D eigenvalue weighted by atomic mass is 16.2. The summed E-state index contributed by atoms with van der Waals surface area (Å²) in [5.41, 5.74) is 2.41. The third kappa shape index (κ3) is 2.63. The van der Waals surface area contributed by atoms with Crippen LogP contribution in [0.5, 0.6) is 0 Å². The maximum absolute atomic E-state index is 11.9. The molecule has 1 saturated heterocycles. The summed E-state index contributed by atoms with van der Waals surface area (Å²) < 4.78 is 0. The van der Waals surface area contributed by atoms with Gasteiger partial charge in [-0.25, -0.2) is 0 Å². The van der Waals surface area contributed by atoms with Crippen molar-refractivity contribution in [3.05, 3.63) is 36.0 Å². The van der Waals surface area contributed by atoms with Crippen molar-refractivity contribution in [2.75, 3.05) is 13.1 Å². The van der Waals surface area contributed by atoms with Gasteiger partial charge in [0.15, 0.2) is 0 Å². The molecule has 0 aliphatic carbocycles. The number of H-pyrrole nitrogens is 1. The first kappa shape index (κ1) is 12.2. The first-order valence-corrected chi connectivity index (χ1v) is 6.91. The molecule has 0 bridgehead atoms. The number of aromatic nitrogens is 1. The topological polar surface area (TPSA) is 56.9 Å². The van der Waals surface area contributed by atoms with Gasteiger partial charge in [-0.2, -0.15) is 0 Å². The predicted octanol–water partition coefficient (Wildman–Crippen LogP) is 1.58. The molecule has 3 N–H and O–H groups in total. The summed E-state index contributed by atoms with van der Waals surface area (Å²) in [4.78, 5) is 15.1. The summed E-state index contributed by atoms with van der Waals surface area (Å²) >= 11 is 0. The molecule has 100 valence electrons. The second kappa shape index (κ2) is 5.45. The molecule has 1 atom stereocenters. The number of benzene rings is 1. The predicted molar refractivity (Wildman–Crippen MR) is 76.0 cm³/mol. The van der Waals surface area contributed by atoms with E-state index < -0.39 is 0 Å². The molecular weight excluding hydrogens is 238 g/mol. The van der Waals surface area contributed by atoms with Gasteiger partial charge < -0.3 is 15.6 Å². The van der Waals surface area contributed by atoms with Crippen molar-refractivity contribution < 1.29 is 4.79 Å². The molecule has 2 heterocycles. The Hall–Kier alpha value is -1.81. The van der Waals surface area contributed by atoms with Crippen LogP contribution in [-0.4, -0.2) is 30.0 Å². The lowest BCUT2D eigenvalue weighted by molar-refractivity contribution is -0.122. The van der Waals surface area contributed by atoms with Gasteiger partial charge in [0.1, 0.15) is 0 Å². The Morgan fingerprint density at radius 2 is 2.26 bits per heavy atom. The zero-order valence-corrected chi connectivity index (χ0v) is 10.9. The molecule has 1 aliphatic heterocycles. The Morgan fingerprint density at radius 1 is 1.37 bits per heavy atom. The molecule has 1 aromatic carbocycles. The highest BCUT2D eigenvalue weighted by Gasteiger charge is 2.21. The van der Waals surface area contributed by atoms with Crippen molar-refractivity contribution in [2.45, 2.75) is 25.3 Å². The zero-order valence-electron chi connectivity index (χ0n) is 10.9. The fourth-order valence-electron chi connectivity index (χ4n) is 2.69. The molecule has 1 aliphatic rings. The molecule has 19 heavy (non-hydrogen) atoms. The van der Waals surface area contributed by atoms with Crippen molar-refractivity contribution in [2.24, 2.45) is 0 Å². The lowest BCUT2D eigenvalue weighted by Crippen LogP contribution is -2.41. The van der Waals surface area contributed by atoms with Crippen molar-refractivity contribution in [3.8, 4) is 0 Å². The molecule has 1 unspecified atom stereocenters. The molecule has 3 rings (SSSR count). The average Bonchev–Trinajstić information content (AvgIpc) is 3.08. The maximum Gasteiger partial charge on any atom is 0.237 e. The minimum Gasteiger partial charge on any atom is -0.361 e. The second-order valence-electron chi connectivity index (χ2n) is 5.05. The number of para-hydroxylation sites is 1. The van der Waals surface area contributed by atoms with E-state index in [1.165, 1.54) is 10.9 Å². The van der Waals surface area contributed by atoms with Gasteiger partial charge in [-0.05, 0) is 37.4 Å². The first-order chi connectivity index (χ1) is 9.34. The number of amides is 1. The zero-order chi connectivity index (χ0) is 13.1. The van der Waals surface area contributed by atoms with E-state index in [0.29, 0.717) is 6.54 Å². The van der Waals surface area contributed by atoms with Gasteiger partial charge in [0, 0.05) is 23.6 Å². The third-order valence-electron chi connectivity index (χ3n) is 3.75. The van der Waals surface area contributed by atoms with Crippen molar-refractivity contribution in [1.29, 1.82) is 0 Å². The number of aromatic amines is 1. The summed E-state index contributed by atoms with van der Waals surface area (Å²) in [6.07, 6.45) is 4.95. The average molecular weight is 257 g/mol. The summed E-state index contributed by atoms with van der Waals surface area (Å²) in [7, 11) is 0. The summed E-state index contributed by atoms with van der Waals surface area (Å²) in [6.45, 7) is 1.65. The second-order valence-corrected chi connectivity index (χ2v) is 5.05. The first-order valence-electron chi connectivity index (χ1n) is 6.91. The van der Waals surface area contributed by atoms with Gasteiger partial charge in [0.05, 0.1) is 6.04 Å². The molecular formula is C15H19N3O.